The third-order valence-electron chi connectivity index (χ3n) is 8.14. The van der Waals surface area contributed by atoms with Gasteiger partial charge in [-0.3, -0.25) is 5.32 Å². The van der Waals surface area contributed by atoms with E-state index in [-0.39, 0.29) is 28.5 Å². The van der Waals surface area contributed by atoms with Crippen molar-refractivity contribution in [3.05, 3.63) is 115 Å². The maximum Gasteiger partial charge on any atom is 0.348 e. The summed E-state index contributed by atoms with van der Waals surface area (Å²) >= 11 is 14.0. The number of rotatable bonds is 13. The molecule has 0 amide bonds. The van der Waals surface area contributed by atoms with Gasteiger partial charge in [-0.15, -0.1) is 11.3 Å². The van der Waals surface area contributed by atoms with Crippen molar-refractivity contribution in [3.63, 3.8) is 0 Å². The van der Waals surface area contributed by atoms with E-state index in [1.807, 2.05) is 36.4 Å². The zero-order chi connectivity index (χ0) is 34.2. The number of esters is 2. The first kappa shape index (κ1) is 35.4. The quantitative estimate of drug-likeness (QED) is 0.0967. The minimum Gasteiger partial charge on any atom is -0.619 e. The van der Waals surface area contributed by atoms with Crippen LogP contribution in [0.2, 0.25) is 10.0 Å². The van der Waals surface area contributed by atoms with Gasteiger partial charge >= 0.3 is 11.9 Å². The molecule has 1 aliphatic heterocycles. The molecule has 2 aromatic carbocycles. The fourth-order valence-electron chi connectivity index (χ4n) is 5.48. The number of nitrogens with one attached hydrogen (secondary N) is 1. The van der Waals surface area contributed by atoms with Gasteiger partial charge in [0, 0.05) is 36.5 Å². The number of ether oxygens (including phenoxy) is 4. The molecule has 48 heavy (non-hydrogen) atoms. The Morgan fingerprint density at radius 3 is 2.33 bits per heavy atom. The van der Waals surface area contributed by atoms with Crippen LogP contribution in [0.15, 0.2) is 73.1 Å². The molecule has 0 radical (unpaired) electrons. The third kappa shape index (κ3) is 8.97. The van der Waals surface area contributed by atoms with Crippen LogP contribution in [-0.4, -0.2) is 57.3 Å². The first-order valence-corrected chi connectivity index (χ1v) is 17.0. The van der Waals surface area contributed by atoms with E-state index in [0.29, 0.717) is 38.8 Å². The lowest BCUT2D eigenvalue weighted by molar-refractivity contribution is -0.605. The van der Waals surface area contributed by atoms with E-state index in [2.05, 4.69) is 17.3 Å². The molecule has 0 aliphatic carbocycles. The molecule has 254 valence electrons. The van der Waals surface area contributed by atoms with Gasteiger partial charge in [0.15, 0.2) is 23.9 Å². The molecule has 0 spiro atoms. The highest BCUT2D eigenvalue weighted by Crippen LogP contribution is 2.36. The number of nitrogens with zero attached hydrogens (tertiary/aromatic N) is 2. The Morgan fingerprint density at radius 2 is 1.67 bits per heavy atom. The van der Waals surface area contributed by atoms with Crippen molar-refractivity contribution in [2.75, 3.05) is 34.4 Å². The number of halogens is 2. The van der Waals surface area contributed by atoms with Crippen LogP contribution in [0, 0.1) is 5.21 Å². The van der Waals surface area contributed by atoms with Gasteiger partial charge in [0.25, 0.3) is 0 Å². The van der Waals surface area contributed by atoms with Gasteiger partial charge in [-0.2, -0.15) is 4.73 Å². The number of piperidine rings is 1. The highest BCUT2D eigenvalue weighted by molar-refractivity contribution is 7.13. The summed E-state index contributed by atoms with van der Waals surface area (Å²) in [4.78, 5) is 30.3. The standard InChI is InChI=1S/C35H37Cl2N3O7S/c1-39-15-13-24(14-16-39)46-35(42)33(22-7-5-4-6-8-22)38-19-25-10-12-32(48-25)34(41)47-30(18-26-27(36)20-40(43)21-28(26)37)23-9-11-29(44-2)31(17-23)45-3/h4-12,17,20-21,24,30,33,38H,13-16,18-19H2,1-3H3/t30?,33-/m0/s1. The van der Waals surface area contributed by atoms with E-state index in [1.54, 1.807) is 24.3 Å². The smallest absolute Gasteiger partial charge is 0.348 e. The summed E-state index contributed by atoms with van der Waals surface area (Å²) in [5.41, 5.74) is 1.86. The monoisotopic (exact) mass is 713 g/mol. The number of hydrogen-bond donors (Lipinski definition) is 1. The van der Waals surface area contributed by atoms with Crippen LogP contribution < -0.4 is 19.5 Å². The van der Waals surface area contributed by atoms with E-state index < -0.39 is 18.1 Å². The number of thiophene rings is 1. The van der Waals surface area contributed by atoms with Crippen LogP contribution in [0.3, 0.4) is 0 Å². The topological polar surface area (TPSA) is 113 Å². The van der Waals surface area contributed by atoms with Crippen molar-refractivity contribution in [3.8, 4) is 11.5 Å². The van der Waals surface area contributed by atoms with Gasteiger partial charge in [-0.25, -0.2) is 9.59 Å². The molecule has 0 saturated carbocycles. The zero-order valence-electron chi connectivity index (χ0n) is 26.8. The Bertz CT molecular complexity index is 1690. The second-order valence-corrected chi connectivity index (χ2v) is 13.4. The molecule has 1 N–H and O–H groups in total. The molecule has 10 nitrogen and oxygen atoms in total. The molecular weight excluding hydrogens is 677 g/mol. The van der Waals surface area contributed by atoms with Crippen molar-refractivity contribution in [2.24, 2.45) is 0 Å². The average molecular weight is 715 g/mol. The van der Waals surface area contributed by atoms with Crippen molar-refractivity contribution < 1.29 is 33.3 Å². The minimum absolute atomic E-state index is 0.0949. The van der Waals surface area contributed by atoms with E-state index in [0.717, 1.165) is 36.4 Å². The Labute approximate surface area is 293 Å². The summed E-state index contributed by atoms with van der Waals surface area (Å²) in [5.74, 6) is 0.0688. The highest BCUT2D eigenvalue weighted by atomic mass is 35.5. The molecular formula is C35H37Cl2N3O7S. The molecule has 1 aliphatic rings. The summed E-state index contributed by atoms with van der Waals surface area (Å²) in [5, 5.41) is 15.5. The van der Waals surface area contributed by atoms with E-state index in [9.17, 15) is 14.8 Å². The predicted molar refractivity (Wildman–Crippen MR) is 184 cm³/mol. The Morgan fingerprint density at radius 1 is 0.979 bits per heavy atom. The summed E-state index contributed by atoms with van der Waals surface area (Å²) < 4.78 is 23.3. The fraction of sp³-hybridized carbons (Fsp3) is 0.343. The summed E-state index contributed by atoms with van der Waals surface area (Å²) in [6, 6.07) is 17.5. The van der Waals surface area contributed by atoms with Crippen molar-refractivity contribution in [2.45, 2.75) is 44.1 Å². The van der Waals surface area contributed by atoms with Gasteiger partial charge in [-0.05, 0) is 55.3 Å². The van der Waals surface area contributed by atoms with Crippen LogP contribution in [0.5, 0.6) is 11.5 Å². The van der Waals surface area contributed by atoms with Crippen molar-refractivity contribution in [1.82, 2.24) is 10.2 Å². The first-order valence-electron chi connectivity index (χ1n) is 15.4. The molecule has 1 saturated heterocycles. The van der Waals surface area contributed by atoms with Gasteiger partial charge in [0.2, 0.25) is 0 Å². The lowest BCUT2D eigenvalue weighted by Crippen LogP contribution is -2.38. The summed E-state index contributed by atoms with van der Waals surface area (Å²) in [6.45, 7) is 2.09. The third-order valence-corrected chi connectivity index (χ3v) is 9.85. The van der Waals surface area contributed by atoms with E-state index >= 15 is 0 Å². The van der Waals surface area contributed by atoms with E-state index in [1.165, 1.54) is 38.0 Å². The molecule has 0 bridgehead atoms. The number of hydrogen-bond acceptors (Lipinski definition) is 10. The lowest BCUT2D eigenvalue weighted by Gasteiger charge is -2.30. The van der Waals surface area contributed by atoms with Crippen LogP contribution in [-0.2, 0) is 27.2 Å². The van der Waals surface area contributed by atoms with Crippen LogP contribution >= 0.6 is 34.5 Å². The molecule has 13 heteroatoms. The van der Waals surface area contributed by atoms with Crippen LogP contribution in [0.1, 0.15) is 56.2 Å². The Kier molecular flexibility index (Phi) is 12.2. The lowest BCUT2D eigenvalue weighted by atomic mass is 10.0. The number of carbonyl (C=O) groups excluding carboxylic acids is 2. The second-order valence-electron chi connectivity index (χ2n) is 11.4. The maximum absolute atomic E-state index is 13.6. The first-order chi connectivity index (χ1) is 23.1. The number of carbonyl (C=O) groups is 2. The maximum atomic E-state index is 13.6. The predicted octanol–water partition coefficient (Wildman–Crippen LogP) is 6.31. The number of pyridine rings is 1. The average Bonchev–Trinajstić information content (AvgIpc) is 3.56. The number of likely N-dealkylation sites (tertiary alicyclic amines) is 1. The highest BCUT2D eigenvalue weighted by Gasteiger charge is 2.28. The van der Waals surface area contributed by atoms with E-state index in [4.69, 9.17) is 42.1 Å². The zero-order valence-corrected chi connectivity index (χ0v) is 29.1. The Hall–Kier alpha value is -3.87. The second kappa shape index (κ2) is 16.5. The van der Waals surface area contributed by atoms with Crippen molar-refractivity contribution >= 4 is 46.5 Å². The molecule has 2 atom stereocenters. The van der Waals surface area contributed by atoms with Gasteiger partial charge < -0.3 is 29.1 Å². The summed E-state index contributed by atoms with van der Waals surface area (Å²) in [6.07, 6.45) is 3.12. The number of benzene rings is 2. The SMILES string of the molecule is COc1ccc(C(Cc2c(Cl)c[n+]([O-])cc2Cl)OC(=O)c2ccc(CN[C@H](C(=O)OC3CCN(C)CC3)c3ccccc3)s2)cc1OC. The van der Waals surface area contributed by atoms with Gasteiger partial charge in [-0.1, -0.05) is 59.6 Å². The number of methoxy groups -OCH3 is 2. The van der Waals surface area contributed by atoms with Crippen LogP contribution in [0.25, 0.3) is 0 Å². The molecule has 1 unspecified atom stereocenters. The fourth-order valence-corrected chi connectivity index (χ4v) is 6.92. The van der Waals surface area contributed by atoms with Gasteiger partial charge in [0.1, 0.15) is 33.2 Å². The molecule has 1 fully saturated rings. The largest absolute Gasteiger partial charge is 0.619 e. The minimum atomic E-state index is -0.838. The molecule has 5 rings (SSSR count). The molecule has 3 heterocycles. The number of aromatic nitrogens is 1. The molecule has 2 aromatic heterocycles. The summed E-state index contributed by atoms with van der Waals surface area (Å²) in [7, 11) is 5.10. The van der Waals surface area contributed by atoms with Gasteiger partial charge in [0.05, 0.1) is 14.2 Å². The van der Waals surface area contributed by atoms with Crippen LogP contribution in [0.4, 0.5) is 0 Å². The normalized spacial score (nSPS) is 15.0. The van der Waals surface area contributed by atoms with Crippen molar-refractivity contribution in [1.29, 1.82) is 0 Å². The Balaban J connectivity index is 1.32. The molecule has 4 aromatic rings.